The number of thiazole rings is 1. The fourth-order valence-corrected chi connectivity index (χ4v) is 3.12. The second kappa shape index (κ2) is 6.03. The minimum Gasteiger partial charge on any atom is -0.493 e. The van der Waals surface area contributed by atoms with Gasteiger partial charge in [0, 0.05) is 17.0 Å². The third-order valence-electron chi connectivity index (χ3n) is 3.13. The van der Waals surface area contributed by atoms with Gasteiger partial charge in [0.05, 0.1) is 24.2 Å². The van der Waals surface area contributed by atoms with Crippen LogP contribution < -0.4 is 4.74 Å². The van der Waals surface area contributed by atoms with E-state index in [1.165, 1.54) is 11.3 Å². The van der Waals surface area contributed by atoms with Gasteiger partial charge in [-0.2, -0.15) is 0 Å². The zero-order chi connectivity index (χ0) is 15.5. The Bertz CT molecular complexity index is 848. The van der Waals surface area contributed by atoms with Crippen molar-refractivity contribution in [2.24, 2.45) is 0 Å². The molecular weight excluding hydrogens is 300 g/mol. The van der Waals surface area contributed by atoms with Gasteiger partial charge in [0.2, 0.25) is 0 Å². The zero-order valence-corrected chi connectivity index (χ0v) is 12.7. The molecule has 0 bridgehead atoms. The number of rotatable bonds is 5. The van der Waals surface area contributed by atoms with Gasteiger partial charge in [-0.3, -0.25) is 4.40 Å². The second-order valence-corrected chi connectivity index (χ2v) is 5.36. The first-order chi connectivity index (χ1) is 10.7. The van der Waals surface area contributed by atoms with Crippen LogP contribution in [0.1, 0.15) is 12.6 Å². The highest BCUT2D eigenvalue weighted by Gasteiger charge is 2.14. The topological polar surface area (TPSA) is 63.8 Å². The number of carboxylic acids is 1. The van der Waals surface area contributed by atoms with Gasteiger partial charge in [-0.25, -0.2) is 9.78 Å². The molecule has 0 aliphatic carbocycles. The molecule has 112 valence electrons. The summed E-state index contributed by atoms with van der Waals surface area (Å²) in [5.74, 6) is -0.187. The van der Waals surface area contributed by atoms with E-state index < -0.39 is 5.97 Å². The molecule has 1 aromatic carbocycles. The van der Waals surface area contributed by atoms with Crippen molar-refractivity contribution in [2.75, 3.05) is 6.61 Å². The summed E-state index contributed by atoms with van der Waals surface area (Å²) in [5.41, 5.74) is 2.62. The molecule has 0 aliphatic heterocycles. The summed E-state index contributed by atoms with van der Waals surface area (Å²) < 4.78 is 7.62. The molecule has 3 aromatic rings. The molecule has 2 aromatic heterocycles. The van der Waals surface area contributed by atoms with Crippen molar-refractivity contribution < 1.29 is 14.6 Å². The van der Waals surface area contributed by atoms with Gasteiger partial charge in [0.1, 0.15) is 5.75 Å². The van der Waals surface area contributed by atoms with E-state index in [1.54, 1.807) is 12.3 Å². The van der Waals surface area contributed by atoms with Crippen molar-refractivity contribution in [3.8, 4) is 17.0 Å². The first-order valence-electron chi connectivity index (χ1n) is 6.79. The van der Waals surface area contributed by atoms with E-state index in [4.69, 9.17) is 9.84 Å². The number of aliphatic carboxylic acids is 1. The van der Waals surface area contributed by atoms with Crippen LogP contribution in [0.25, 0.3) is 22.3 Å². The van der Waals surface area contributed by atoms with Crippen LogP contribution in [-0.2, 0) is 4.79 Å². The molecule has 3 rings (SSSR count). The van der Waals surface area contributed by atoms with Crippen molar-refractivity contribution >= 4 is 28.3 Å². The summed E-state index contributed by atoms with van der Waals surface area (Å²) in [6, 6.07) is 7.78. The predicted octanol–water partition coefficient (Wildman–Crippen LogP) is 3.56. The standard InChI is InChI=1S/C16H14N2O3S/c1-2-21-14-6-4-3-5-12(14)13-10-22-16-17-9-11(18(13)16)7-8-15(19)20/h3-10H,2H2,1H3,(H,19,20)/b8-7+. The Labute approximate surface area is 131 Å². The van der Waals surface area contributed by atoms with Crippen molar-refractivity contribution in [3.05, 3.63) is 47.6 Å². The molecule has 0 amide bonds. The van der Waals surface area contributed by atoms with Crippen LogP contribution in [-0.4, -0.2) is 27.1 Å². The summed E-state index contributed by atoms with van der Waals surface area (Å²) in [6.07, 6.45) is 4.32. The van der Waals surface area contributed by atoms with Crippen molar-refractivity contribution in [1.29, 1.82) is 0 Å². The molecule has 2 heterocycles. The molecule has 0 aliphatic rings. The Hall–Kier alpha value is -2.60. The highest BCUT2D eigenvalue weighted by molar-refractivity contribution is 7.15. The van der Waals surface area contributed by atoms with E-state index in [1.807, 2.05) is 41.0 Å². The van der Waals surface area contributed by atoms with Crippen molar-refractivity contribution in [2.45, 2.75) is 6.92 Å². The number of fused-ring (bicyclic) bond motifs is 1. The van der Waals surface area contributed by atoms with Crippen LogP contribution in [0.2, 0.25) is 0 Å². The lowest BCUT2D eigenvalue weighted by Crippen LogP contribution is -1.96. The molecule has 0 atom stereocenters. The summed E-state index contributed by atoms with van der Waals surface area (Å²) >= 11 is 1.51. The fourth-order valence-electron chi connectivity index (χ4n) is 2.25. The van der Waals surface area contributed by atoms with E-state index in [2.05, 4.69) is 4.98 Å². The molecule has 0 fully saturated rings. The van der Waals surface area contributed by atoms with Crippen LogP contribution in [0.15, 0.2) is 41.9 Å². The van der Waals surface area contributed by atoms with Crippen LogP contribution in [0.5, 0.6) is 5.75 Å². The molecule has 0 saturated heterocycles. The maximum absolute atomic E-state index is 10.7. The van der Waals surface area contributed by atoms with E-state index in [-0.39, 0.29) is 0 Å². The number of carboxylic acid groups (broad SMARTS) is 1. The summed E-state index contributed by atoms with van der Waals surface area (Å²) in [7, 11) is 0. The Morgan fingerprint density at radius 3 is 3.05 bits per heavy atom. The predicted molar refractivity (Wildman–Crippen MR) is 86.3 cm³/mol. The van der Waals surface area contributed by atoms with Gasteiger partial charge in [0.15, 0.2) is 4.96 Å². The Morgan fingerprint density at radius 2 is 2.27 bits per heavy atom. The molecule has 5 nitrogen and oxygen atoms in total. The largest absolute Gasteiger partial charge is 0.493 e. The Morgan fingerprint density at radius 1 is 1.45 bits per heavy atom. The van der Waals surface area contributed by atoms with Crippen LogP contribution in [0, 0.1) is 0 Å². The molecular formula is C16H14N2O3S. The maximum atomic E-state index is 10.7. The molecule has 0 unspecified atom stereocenters. The van der Waals surface area contributed by atoms with Gasteiger partial charge in [0.25, 0.3) is 0 Å². The summed E-state index contributed by atoms with van der Waals surface area (Å²) in [4.78, 5) is 15.9. The van der Waals surface area contributed by atoms with Crippen LogP contribution in [0.4, 0.5) is 0 Å². The second-order valence-electron chi connectivity index (χ2n) is 4.52. The zero-order valence-electron chi connectivity index (χ0n) is 11.9. The monoisotopic (exact) mass is 314 g/mol. The lowest BCUT2D eigenvalue weighted by atomic mass is 10.1. The van der Waals surface area contributed by atoms with Crippen LogP contribution in [0.3, 0.4) is 0 Å². The van der Waals surface area contributed by atoms with E-state index in [0.29, 0.717) is 6.61 Å². The number of para-hydroxylation sites is 1. The van der Waals surface area contributed by atoms with Gasteiger partial charge in [-0.1, -0.05) is 12.1 Å². The van der Waals surface area contributed by atoms with E-state index >= 15 is 0 Å². The lowest BCUT2D eigenvalue weighted by Gasteiger charge is -2.09. The number of nitrogens with zero attached hydrogens (tertiary/aromatic N) is 2. The molecule has 0 radical (unpaired) electrons. The summed E-state index contributed by atoms with van der Waals surface area (Å²) in [5, 5.41) is 10.8. The number of hydrogen-bond donors (Lipinski definition) is 1. The minimum absolute atomic E-state index is 0.583. The number of hydrogen-bond acceptors (Lipinski definition) is 4. The normalized spacial score (nSPS) is 11.3. The van der Waals surface area contributed by atoms with Gasteiger partial charge < -0.3 is 9.84 Å². The maximum Gasteiger partial charge on any atom is 0.328 e. The third-order valence-corrected chi connectivity index (χ3v) is 3.97. The quantitative estimate of drug-likeness (QED) is 0.731. The SMILES string of the molecule is CCOc1ccccc1-c1csc2ncc(/C=C/C(=O)O)n12. The number of carbonyl (C=O) groups is 1. The molecule has 1 N–H and O–H groups in total. The van der Waals surface area contributed by atoms with Crippen molar-refractivity contribution in [1.82, 2.24) is 9.38 Å². The first-order valence-corrected chi connectivity index (χ1v) is 7.67. The average Bonchev–Trinajstić information content (AvgIpc) is 3.08. The Kier molecular flexibility index (Phi) is 3.93. The fraction of sp³-hybridized carbons (Fsp3) is 0.125. The number of imidazole rings is 1. The number of benzene rings is 1. The molecule has 6 heteroatoms. The van der Waals surface area contributed by atoms with Crippen LogP contribution >= 0.6 is 11.3 Å². The minimum atomic E-state index is -0.985. The lowest BCUT2D eigenvalue weighted by molar-refractivity contribution is -0.131. The van der Waals surface area contributed by atoms with E-state index in [9.17, 15) is 4.79 Å². The van der Waals surface area contributed by atoms with Crippen molar-refractivity contribution in [3.63, 3.8) is 0 Å². The van der Waals surface area contributed by atoms with E-state index in [0.717, 1.165) is 33.7 Å². The van der Waals surface area contributed by atoms with Gasteiger partial charge in [-0.15, -0.1) is 11.3 Å². The highest BCUT2D eigenvalue weighted by atomic mass is 32.1. The van der Waals surface area contributed by atoms with Gasteiger partial charge in [-0.05, 0) is 25.1 Å². The molecule has 0 spiro atoms. The van der Waals surface area contributed by atoms with Gasteiger partial charge >= 0.3 is 5.97 Å². The average molecular weight is 314 g/mol. The number of aromatic nitrogens is 2. The summed E-state index contributed by atoms with van der Waals surface area (Å²) in [6.45, 7) is 2.53. The molecule has 22 heavy (non-hydrogen) atoms. The number of ether oxygens (including phenoxy) is 1. The highest BCUT2D eigenvalue weighted by Crippen LogP contribution is 2.34. The molecule has 0 saturated carbocycles. The first kappa shape index (κ1) is 14.3. The smallest absolute Gasteiger partial charge is 0.328 e. The third kappa shape index (κ3) is 2.60. The Balaban J connectivity index is 2.16.